The number of ether oxygens (including phenoxy) is 4. The van der Waals surface area contributed by atoms with Crippen LogP contribution in [-0.4, -0.2) is 38.1 Å². The SMILES string of the molecule is CCCCCCCC(Oc1cccc(C2=CCC(c3ccc(OCC4CO4)cc3)C=C2)c1)C1CO1. The van der Waals surface area contributed by atoms with Gasteiger partial charge in [-0.1, -0.05) is 75.1 Å². The van der Waals surface area contributed by atoms with E-state index in [9.17, 15) is 0 Å². The average molecular weight is 475 g/mol. The van der Waals surface area contributed by atoms with Crippen LogP contribution in [0.4, 0.5) is 0 Å². The van der Waals surface area contributed by atoms with Crippen molar-refractivity contribution >= 4 is 5.57 Å². The molecule has 0 N–H and O–H groups in total. The van der Waals surface area contributed by atoms with Crippen LogP contribution in [-0.2, 0) is 9.47 Å². The molecule has 0 aromatic heterocycles. The molecular formula is C31H38O4. The van der Waals surface area contributed by atoms with Crippen LogP contribution in [0.3, 0.4) is 0 Å². The summed E-state index contributed by atoms with van der Waals surface area (Å²) in [7, 11) is 0. The number of rotatable bonds is 14. The fourth-order valence-electron chi connectivity index (χ4n) is 4.71. The van der Waals surface area contributed by atoms with E-state index >= 15 is 0 Å². The molecule has 1 aliphatic carbocycles. The molecular weight excluding hydrogens is 436 g/mol. The van der Waals surface area contributed by atoms with Gasteiger partial charge in [-0.15, -0.1) is 0 Å². The molecule has 0 saturated carbocycles. The maximum absolute atomic E-state index is 6.42. The van der Waals surface area contributed by atoms with Crippen LogP contribution in [0.25, 0.3) is 5.57 Å². The molecule has 2 aromatic rings. The molecule has 4 nitrogen and oxygen atoms in total. The lowest BCUT2D eigenvalue weighted by atomic mass is 9.88. The van der Waals surface area contributed by atoms with Gasteiger partial charge in [0.05, 0.1) is 13.2 Å². The summed E-state index contributed by atoms with van der Waals surface area (Å²) in [6.45, 7) is 4.55. The summed E-state index contributed by atoms with van der Waals surface area (Å²) in [4.78, 5) is 0. The van der Waals surface area contributed by atoms with E-state index in [1.54, 1.807) is 0 Å². The minimum atomic E-state index is 0.163. The first-order valence-electron chi connectivity index (χ1n) is 13.4. The highest BCUT2D eigenvalue weighted by molar-refractivity contribution is 5.76. The van der Waals surface area contributed by atoms with Gasteiger partial charge in [0, 0.05) is 5.92 Å². The van der Waals surface area contributed by atoms with E-state index in [-0.39, 0.29) is 18.3 Å². The first-order valence-corrected chi connectivity index (χ1v) is 13.4. The van der Waals surface area contributed by atoms with Crippen LogP contribution in [0.15, 0.2) is 66.8 Å². The highest BCUT2D eigenvalue weighted by Crippen LogP contribution is 2.33. The van der Waals surface area contributed by atoms with E-state index in [0.29, 0.717) is 12.5 Å². The van der Waals surface area contributed by atoms with Gasteiger partial charge in [-0.05, 0) is 60.2 Å². The monoisotopic (exact) mass is 474 g/mol. The average Bonchev–Trinajstić information content (AvgIpc) is 3.82. The summed E-state index contributed by atoms with van der Waals surface area (Å²) < 4.78 is 23.0. The third kappa shape index (κ3) is 7.22. The second-order valence-corrected chi connectivity index (χ2v) is 9.95. The number of unbranched alkanes of at least 4 members (excludes halogenated alkanes) is 4. The number of hydrogen-bond donors (Lipinski definition) is 0. The minimum Gasteiger partial charge on any atom is -0.491 e. The van der Waals surface area contributed by atoms with E-state index in [4.69, 9.17) is 18.9 Å². The fourth-order valence-corrected chi connectivity index (χ4v) is 4.71. The molecule has 4 unspecified atom stereocenters. The zero-order valence-corrected chi connectivity index (χ0v) is 20.9. The van der Waals surface area contributed by atoms with Gasteiger partial charge in [0.1, 0.15) is 36.4 Å². The van der Waals surface area contributed by atoms with Crippen molar-refractivity contribution in [1.82, 2.24) is 0 Å². The third-order valence-corrected chi connectivity index (χ3v) is 7.07. The van der Waals surface area contributed by atoms with Gasteiger partial charge in [-0.2, -0.15) is 0 Å². The highest BCUT2D eigenvalue weighted by Gasteiger charge is 2.34. The summed E-state index contributed by atoms with van der Waals surface area (Å²) in [5.74, 6) is 2.25. The Morgan fingerprint density at radius 1 is 0.943 bits per heavy atom. The quantitative estimate of drug-likeness (QED) is 0.216. The second-order valence-electron chi connectivity index (χ2n) is 9.95. The lowest BCUT2D eigenvalue weighted by Gasteiger charge is -2.19. The standard InChI is InChI=1S/C31H38O4/c1-2-3-4-5-6-10-30(31-22-34-31)35-28-9-7-8-26(19-28)25-13-11-23(12-14-25)24-15-17-27(18-16-24)32-20-29-21-33-29/h7-9,11,13-19,23,29-31H,2-6,10,12,20-22H2,1H3. The Morgan fingerprint density at radius 2 is 1.77 bits per heavy atom. The van der Waals surface area contributed by atoms with Crippen LogP contribution in [0.5, 0.6) is 11.5 Å². The number of allylic oxidation sites excluding steroid dienone is 4. The van der Waals surface area contributed by atoms with Crippen LogP contribution in [0.2, 0.25) is 0 Å². The molecule has 186 valence electrons. The minimum absolute atomic E-state index is 0.163. The summed E-state index contributed by atoms with van der Waals surface area (Å²) in [6, 6.07) is 17.0. The Hall–Kier alpha value is -2.56. The molecule has 2 aliphatic heterocycles. The summed E-state index contributed by atoms with van der Waals surface area (Å²) in [6.07, 6.45) is 16.1. The first-order chi connectivity index (χ1) is 17.3. The van der Waals surface area contributed by atoms with Gasteiger partial charge in [-0.25, -0.2) is 0 Å². The van der Waals surface area contributed by atoms with Crippen molar-refractivity contribution in [3.05, 3.63) is 77.9 Å². The molecule has 0 amide bonds. The molecule has 2 fully saturated rings. The Balaban J connectivity index is 1.15. The molecule has 0 radical (unpaired) electrons. The molecule has 2 heterocycles. The molecule has 2 saturated heterocycles. The maximum Gasteiger partial charge on any atom is 0.127 e. The zero-order chi connectivity index (χ0) is 23.9. The van der Waals surface area contributed by atoms with Crippen LogP contribution in [0, 0.1) is 0 Å². The first kappa shape index (κ1) is 24.1. The number of benzene rings is 2. The molecule has 0 spiro atoms. The van der Waals surface area contributed by atoms with Crippen molar-refractivity contribution in [2.75, 3.05) is 19.8 Å². The number of hydrogen-bond acceptors (Lipinski definition) is 4. The van der Waals surface area contributed by atoms with Crippen LogP contribution < -0.4 is 9.47 Å². The van der Waals surface area contributed by atoms with Gasteiger partial charge in [0.15, 0.2) is 0 Å². The van der Waals surface area contributed by atoms with Crippen molar-refractivity contribution in [2.24, 2.45) is 0 Å². The molecule has 0 bridgehead atoms. The molecule has 3 aliphatic rings. The van der Waals surface area contributed by atoms with Gasteiger partial charge in [0.25, 0.3) is 0 Å². The molecule has 2 aromatic carbocycles. The Morgan fingerprint density at radius 3 is 2.49 bits per heavy atom. The Bertz CT molecular complexity index is 1000. The van der Waals surface area contributed by atoms with Crippen molar-refractivity contribution < 1.29 is 18.9 Å². The number of epoxide rings is 2. The van der Waals surface area contributed by atoms with Crippen LogP contribution in [0.1, 0.15) is 68.9 Å². The van der Waals surface area contributed by atoms with E-state index < -0.39 is 0 Å². The predicted molar refractivity (Wildman–Crippen MR) is 140 cm³/mol. The smallest absolute Gasteiger partial charge is 0.127 e. The maximum atomic E-state index is 6.42. The molecule has 35 heavy (non-hydrogen) atoms. The molecule has 5 rings (SSSR count). The molecule has 4 heteroatoms. The zero-order valence-electron chi connectivity index (χ0n) is 20.9. The fraction of sp³-hybridized carbons (Fsp3) is 0.484. The van der Waals surface area contributed by atoms with Gasteiger partial charge in [-0.3, -0.25) is 0 Å². The van der Waals surface area contributed by atoms with Gasteiger partial charge < -0.3 is 18.9 Å². The second kappa shape index (κ2) is 11.9. The summed E-state index contributed by atoms with van der Waals surface area (Å²) in [5, 5.41) is 0. The van der Waals surface area contributed by atoms with E-state index in [2.05, 4.69) is 73.7 Å². The van der Waals surface area contributed by atoms with Gasteiger partial charge in [0.2, 0.25) is 0 Å². The molecule has 4 atom stereocenters. The topological polar surface area (TPSA) is 43.5 Å². The predicted octanol–water partition coefficient (Wildman–Crippen LogP) is 7.10. The summed E-state index contributed by atoms with van der Waals surface area (Å²) >= 11 is 0. The normalized spacial score (nSPS) is 23.5. The van der Waals surface area contributed by atoms with Crippen LogP contribution >= 0.6 is 0 Å². The van der Waals surface area contributed by atoms with Crippen molar-refractivity contribution in [1.29, 1.82) is 0 Å². The van der Waals surface area contributed by atoms with E-state index in [0.717, 1.165) is 37.6 Å². The van der Waals surface area contributed by atoms with Crippen molar-refractivity contribution in [3.63, 3.8) is 0 Å². The lowest BCUT2D eigenvalue weighted by Crippen LogP contribution is -2.23. The van der Waals surface area contributed by atoms with Gasteiger partial charge >= 0.3 is 0 Å². The van der Waals surface area contributed by atoms with E-state index in [1.807, 2.05) is 0 Å². The van der Waals surface area contributed by atoms with Crippen molar-refractivity contribution in [2.45, 2.75) is 76.1 Å². The largest absolute Gasteiger partial charge is 0.491 e. The third-order valence-electron chi connectivity index (χ3n) is 7.07. The Labute approximate surface area is 209 Å². The summed E-state index contributed by atoms with van der Waals surface area (Å²) in [5.41, 5.74) is 3.78. The lowest BCUT2D eigenvalue weighted by molar-refractivity contribution is 0.147. The van der Waals surface area contributed by atoms with Crippen molar-refractivity contribution in [3.8, 4) is 11.5 Å². The van der Waals surface area contributed by atoms with E-state index in [1.165, 1.54) is 48.8 Å². The highest BCUT2D eigenvalue weighted by atomic mass is 16.6. The Kier molecular flexibility index (Phi) is 8.22.